The molecule has 1 atom stereocenters. The van der Waals surface area contributed by atoms with E-state index in [-0.39, 0.29) is 29.5 Å². The first-order valence-electron chi connectivity index (χ1n) is 5.81. The predicted octanol–water partition coefficient (Wildman–Crippen LogP) is 1.13. The molecule has 1 fully saturated rings. The lowest BCUT2D eigenvalue weighted by Crippen LogP contribution is -2.30. The molecule has 0 saturated carbocycles. The molecule has 1 aromatic carbocycles. The Hall–Kier alpha value is -1.50. The van der Waals surface area contributed by atoms with Gasteiger partial charge in [0.2, 0.25) is 0 Å². The standard InChI is InChI=1S/C12H13F2NO3S/c13-9-1-2-10(11(14)5-9)12(16)15-6-8-3-4-19(17,18)7-8/h1-2,5,8H,3-4,6-7H2,(H,15,16). The van der Waals surface area contributed by atoms with E-state index in [2.05, 4.69) is 5.32 Å². The predicted molar refractivity (Wildman–Crippen MR) is 65.5 cm³/mol. The summed E-state index contributed by atoms with van der Waals surface area (Å²) in [7, 11) is -3.00. The second-order valence-corrected chi connectivity index (χ2v) is 6.83. The van der Waals surface area contributed by atoms with Crippen LogP contribution in [0.4, 0.5) is 8.78 Å². The molecule has 2 rings (SSSR count). The van der Waals surface area contributed by atoms with E-state index in [1.54, 1.807) is 0 Å². The molecule has 0 aromatic heterocycles. The fourth-order valence-electron chi connectivity index (χ4n) is 2.04. The van der Waals surface area contributed by atoms with Gasteiger partial charge in [-0.15, -0.1) is 0 Å². The Balaban J connectivity index is 1.95. The normalized spacial score (nSPS) is 21.3. The number of carbonyl (C=O) groups is 1. The van der Waals surface area contributed by atoms with Gasteiger partial charge in [-0.2, -0.15) is 0 Å². The molecule has 1 aliphatic heterocycles. The lowest BCUT2D eigenvalue weighted by Gasteiger charge is -2.10. The van der Waals surface area contributed by atoms with Crippen LogP contribution in [0.25, 0.3) is 0 Å². The second kappa shape index (κ2) is 5.24. The maximum atomic E-state index is 13.3. The van der Waals surface area contributed by atoms with Gasteiger partial charge in [0.1, 0.15) is 11.6 Å². The highest BCUT2D eigenvalue weighted by Gasteiger charge is 2.28. The number of carbonyl (C=O) groups excluding carboxylic acids is 1. The van der Waals surface area contributed by atoms with Crippen LogP contribution in [0.1, 0.15) is 16.8 Å². The molecular formula is C12H13F2NO3S. The third-order valence-electron chi connectivity index (χ3n) is 3.05. The van der Waals surface area contributed by atoms with Gasteiger partial charge >= 0.3 is 0 Å². The van der Waals surface area contributed by atoms with E-state index < -0.39 is 27.4 Å². The average molecular weight is 289 g/mol. The summed E-state index contributed by atoms with van der Waals surface area (Å²) in [5.74, 6) is -2.33. The number of halogens is 2. The van der Waals surface area contributed by atoms with Crippen LogP contribution in [0.5, 0.6) is 0 Å². The van der Waals surface area contributed by atoms with E-state index >= 15 is 0 Å². The number of rotatable bonds is 3. The number of amides is 1. The van der Waals surface area contributed by atoms with Gasteiger partial charge < -0.3 is 5.32 Å². The summed E-state index contributed by atoms with van der Waals surface area (Å²) in [6, 6.07) is 2.69. The Morgan fingerprint density at radius 2 is 2.11 bits per heavy atom. The molecular weight excluding hydrogens is 276 g/mol. The van der Waals surface area contributed by atoms with Crippen LogP contribution in [0.3, 0.4) is 0 Å². The van der Waals surface area contributed by atoms with Gasteiger partial charge in [-0.25, -0.2) is 17.2 Å². The van der Waals surface area contributed by atoms with E-state index in [4.69, 9.17) is 0 Å². The topological polar surface area (TPSA) is 63.2 Å². The van der Waals surface area contributed by atoms with Gasteiger partial charge in [0.05, 0.1) is 17.1 Å². The molecule has 0 spiro atoms. The number of hydrogen-bond donors (Lipinski definition) is 1. The number of hydrogen-bond acceptors (Lipinski definition) is 3. The Morgan fingerprint density at radius 3 is 2.68 bits per heavy atom. The zero-order chi connectivity index (χ0) is 14.0. The molecule has 0 radical (unpaired) electrons. The van der Waals surface area contributed by atoms with Crippen molar-refractivity contribution in [3.63, 3.8) is 0 Å². The maximum absolute atomic E-state index is 13.3. The Labute approximate surface area is 109 Å². The average Bonchev–Trinajstić information content (AvgIpc) is 2.66. The molecule has 1 heterocycles. The van der Waals surface area contributed by atoms with Crippen LogP contribution in [0.2, 0.25) is 0 Å². The Bertz CT molecular complexity index is 601. The molecule has 7 heteroatoms. The summed E-state index contributed by atoms with van der Waals surface area (Å²) in [5, 5.41) is 2.47. The zero-order valence-corrected chi connectivity index (χ0v) is 10.8. The molecule has 1 unspecified atom stereocenters. The third kappa shape index (κ3) is 3.50. The van der Waals surface area contributed by atoms with Gasteiger partial charge in [0.15, 0.2) is 9.84 Å². The SMILES string of the molecule is O=C(NCC1CCS(=O)(=O)C1)c1ccc(F)cc1F. The van der Waals surface area contributed by atoms with Crippen molar-refractivity contribution in [1.29, 1.82) is 0 Å². The molecule has 104 valence electrons. The first-order valence-corrected chi connectivity index (χ1v) is 7.63. The Kier molecular flexibility index (Phi) is 3.84. The summed E-state index contributed by atoms with van der Waals surface area (Å²) >= 11 is 0. The fourth-order valence-corrected chi connectivity index (χ4v) is 3.90. The van der Waals surface area contributed by atoms with E-state index in [1.807, 2.05) is 0 Å². The number of nitrogens with one attached hydrogen (secondary N) is 1. The first-order chi connectivity index (χ1) is 8.87. The monoisotopic (exact) mass is 289 g/mol. The van der Waals surface area contributed by atoms with Gasteiger partial charge in [-0.3, -0.25) is 4.79 Å². The summed E-state index contributed by atoms with van der Waals surface area (Å²) in [6.07, 6.45) is 0.495. The molecule has 1 amide bonds. The molecule has 1 aromatic rings. The molecule has 4 nitrogen and oxygen atoms in total. The quantitative estimate of drug-likeness (QED) is 0.907. The van der Waals surface area contributed by atoms with Crippen LogP contribution in [-0.2, 0) is 9.84 Å². The van der Waals surface area contributed by atoms with Crippen LogP contribution in [0, 0.1) is 17.6 Å². The number of benzene rings is 1. The highest BCUT2D eigenvalue weighted by atomic mass is 32.2. The van der Waals surface area contributed by atoms with Gasteiger partial charge in [-0.1, -0.05) is 0 Å². The van der Waals surface area contributed by atoms with E-state index in [0.29, 0.717) is 12.5 Å². The molecule has 19 heavy (non-hydrogen) atoms. The molecule has 0 aliphatic carbocycles. The van der Waals surface area contributed by atoms with Crippen LogP contribution in [0.15, 0.2) is 18.2 Å². The minimum absolute atomic E-state index is 0.0409. The highest BCUT2D eigenvalue weighted by molar-refractivity contribution is 7.91. The Morgan fingerprint density at radius 1 is 1.37 bits per heavy atom. The van der Waals surface area contributed by atoms with Crippen molar-refractivity contribution in [3.05, 3.63) is 35.4 Å². The molecule has 1 aliphatic rings. The summed E-state index contributed by atoms with van der Waals surface area (Å²) < 4.78 is 48.5. The largest absolute Gasteiger partial charge is 0.352 e. The lowest BCUT2D eigenvalue weighted by atomic mass is 10.1. The summed E-state index contributed by atoms with van der Waals surface area (Å²) in [4.78, 5) is 11.7. The van der Waals surface area contributed by atoms with Crippen molar-refractivity contribution in [2.45, 2.75) is 6.42 Å². The fraction of sp³-hybridized carbons (Fsp3) is 0.417. The van der Waals surface area contributed by atoms with Crippen LogP contribution >= 0.6 is 0 Å². The third-order valence-corrected chi connectivity index (χ3v) is 4.89. The van der Waals surface area contributed by atoms with Crippen molar-refractivity contribution in [3.8, 4) is 0 Å². The van der Waals surface area contributed by atoms with Crippen molar-refractivity contribution in [2.24, 2.45) is 5.92 Å². The van der Waals surface area contributed by atoms with Crippen molar-refractivity contribution < 1.29 is 22.0 Å². The van der Waals surface area contributed by atoms with Gasteiger partial charge in [-0.05, 0) is 24.5 Å². The van der Waals surface area contributed by atoms with E-state index in [1.165, 1.54) is 0 Å². The molecule has 1 saturated heterocycles. The van der Waals surface area contributed by atoms with E-state index in [0.717, 1.165) is 12.1 Å². The second-order valence-electron chi connectivity index (χ2n) is 4.60. The minimum atomic E-state index is -3.00. The van der Waals surface area contributed by atoms with E-state index in [9.17, 15) is 22.0 Å². The maximum Gasteiger partial charge on any atom is 0.254 e. The van der Waals surface area contributed by atoms with Crippen LogP contribution in [-0.4, -0.2) is 32.4 Å². The zero-order valence-electron chi connectivity index (χ0n) is 10.0. The first kappa shape index (κ1) is 13.9. The molecule has 0 bridgehead atoms. The summed E-state index contributed by atoms with van der Waals surface area (Å²) in [6.45, 7) is 0.175. The number of sulfone groups is 1. The van der Waals surface area contributed by atoms with Crippen molar-refractivity contribution >= 4 is 15.7 Å². The smallest absolute Gasteiger partial charge is 0.254 e. The van der Waals surface area contributed by atoms with Crippen molar-refractivity contribution in [2.75, 3.05) is 18.1 Å². The van der Waals surface area contributed by atoms with Gasteiger partial charge in [0, 0.05) is 12.6 Å². The highest BCUT2D eigenvalue weighted by Crippen LogP contribution is 2.17. The lowest BCUT2D eigenvalue weighted by molar-refractivity contribution is 0.0944. The van der Waals surface area contributed by atoms with Gasteiger partial charge in [0.25, 0.3) is 5.91 Å². The molecule has 1 N–H and O–H groups in total. The minimum Gasteiger partial charge on any atom is -0.352 e. The summed E-state index contributed by atoms with van der Waals surface area (Å²) in [5.41, 5.74) is -0.248. The van der Waals surface area contributed by atoms with Crippen LogP contribution < -0.4 is 5.32 Å². The van der Waals surface area contributed by atoms with Crippen molar-refractivity contribution in [1.82, 2.24) is 5.32 Å².